The van der Waals surface area contributed by atoms with E-state index in [2.05, 4.69) is 10.2 Å². The molecule has 3 aliphatic rings. The first-order valence-corrected chi connectivity index (χ1v) is 9.46. The summed E-state index contributed by atoms with van der Waals surface area (Å²) in [5.41, 5.74) is 0. The van der Waals surface area contributed by atoms with Crippen molar-refractivity contribution >= 4 is 6.03 Å². The minimum atomic E-state index is -4.12. The van der Waals surface area contributed by atoms with E-state index in [-0.39, 0.29) is 11.9 Å². The van der Waals surface area contributed by atoms with Crippen LogP contribution in [0.4, 0.5) is 18.0 Å². The molecule has 2 amide bonds. The van der Waals surface area contributed by atoms with Gasteiger partial charge < -0.3 is 10.2 Å². The molecule has 1 N–H and O–H groups in total. The monoisotopic (exact) mass is 362 g/mol. The Kier molecular flexibility index (Phi) is 6.09. The van der Waals surface area contributed by atoms with Gasteiger partial charge in [0.05, 0.1) is 6.54 Å². The topological polar surface area (TPSA) is 38.8 Å². The van der Waals surface area contributed by atoms with E-state index in [1.165, 1.54) is 24.2 Å². The lowest BCUT2D eigenvalue weighted by molar-refractivity contribution is -0.148. The van der Waals surface area contributed by atoms with Crippen LogP contribution in [0.5, 0.6) is 0 Å². The molecule has 1 unspecified atom stereocenters. The van der Waals surface area contributed by atoms with Crippen LogP contribution < -0.4 is 5.32 Å². The van der Waals surface area contributed by atoms with Gasteiger partial charge in [-0.15, -0.1) is 0 Å². The van der Waals surface area contributed by atoms with Crippen molar-refractivity contribution in [1.29, 1.82) is 0 Å². The summed E-state index contributed by atoms with van der Waals surface area (Å²) in [6.45, 7) is 4.34. The van der Waals surface area contributed by atoms with Gasteiger partial charge in [-0.3, -0.25) is 9.80 Å². The molecule has 3 aliphatic heterocycles. The highest BCUT2D eigenvalue weighted by Gasteiger charge is 2.33. The van der Waals surface area contributed by atoms with Gasteiger partial charge in [0.25, 0.3) is 0 Å². The minimum Gasteiger partial charge on any atom is -0.338 e. The van der Waals surface area contributed by atoms with Gasteiger partial charge in [0.15, 0.2) is 0 Å². The number of halogens is 3. The van der Waals surface area contributed by atoms with Crippen LogP contribution in [0.25, 0.3) is 0 Å². The predicted molar refractivity (Wildman–Crippen MR) is 89.4 cm³/mol. The van der Waals surface area contributed by atoms with Crippen molar-refractivity contribution in [2.45, 2.75) is 44.3 Å². The van der Waals surface area contributed by atoms with Gasteiger partial charge in [0.1, 0.15) is 0 Å². The number of piperazine rings is 1. The summed E-state index contributed by atoms with van der Waals surface area (Å²) in [5, 5.41) is 3.01. The molecule has 0 aliphatic carbocycles. The molecule has 8 heteroatoms. The quantitative estimate of drug-likeness (QED) is 0.836. The van der Waals surface area contributed by atoms with Crippen molar-refractivity contribution in [2.24, 2.45) is 5.92 Å². The van der Waals surface area contributed by atoms with Gasteiger partial charge in [0, 0.05) is 32.2 Å². The Labute approximate surface area is 147 Å². The van der Waals surface area contributed by atoms with Crippen molar-refractivity contribution in [3.8, 4) is 0 Å². The van der Waals surface area contributed by atoms with Crippen molar-refractivity contribution in [2.75, 3.05) is 52.4 Å². The largest absolute Gasteiger partial charge is 0.401 e. The van der Waals surface area contributed by atoms with E-state index in [1.807, 2.05) is 4.90 Å². The molecule has 0 aromatic rings. The molecular formula is C17H29F3N4O. The Hall–Kier alpha value is -1.02. The van der Waals surface area contributed by atoms with E-state index < -0.39 is 12.7 Å². The molecule has 144 valence electrons. The summed E-state index contributed by atoms with van der Waals surface area (Å²) >= 11 is 0. The van der Waals surface area contributed by atoms with Gasteiger partial charge in [-0.05, 0) is 51.2 Å². The molecule has 25 heavy (non-hydrogen) atoms. The Morgan fingerprint density at radius 3 is 2.48 bits per heavy atom. The summed E-state index contributed by atoms with van der Waals surface area (Å²) < 4.78 is 37.2. The number of hydrogen-bond donors (Lipinski definition) is 1. The fourth-order valence-electron chi connectivity index (χ4n) is 4.29. The Morgan fingerprint density at radius 2 is 1.76 bits per heavy atom. The first-order chi connectivity index (χ1) is 11.9. The van der Waals surface area contributed by atoms with E-state index in [0.29, 0.717) is 38.5 Å². The highest BCUT2D eigenvalue weighted by molar-refractivity contribution is 5.74. The third-order valence-corrected chi connectivity index (χ3v) is 5.78. The van der Waals surface area contributed by atoms with Gasteiger partial charge in [-0.2, -0.15) is 13.2 Å². The average molecular weight is 362 g/mol. The number of fused-ring (bicyclic) bond motifs is 1. The first-order valence-electron chi connectivity index (χ1n) is 9.46. The maximum atomic E-state index is 12.4. The van der Waals surface area contributed by atoms with E-state index in [1.54, 1.807) is 0 Å². The standard InChI is InChI=1S/C17H29F3N4O/c18-17(19,20)13-22-7-4-14(5-8-22)11-21-16(25)24-10-9-23-6-2-1-3-15(23)12-24/h14-15H,1-13H2,(H,21,25). The molecule has 0 radical (unpaired) electrons. The molecular weight excluding hydrogens is 333 g/mol. The smallest absolute Gasteiger partial charge is 0.338 e. The van der Waals surface area contributed by atoms with Gasteiger partial charge in [-0.25, -0.2) is 4.79 Å². The van der Waals surface area contributed by atoms with Crippen LogP contribution in [0.15, 0.2) is 0 Å². The summed E-state index contributed by atoms with van der Waals surface area (Å²) in [6, 6.07) is 0.488. The SMILES string of the molecule is O=C(NCC1CCN(CC(F)(F)F)CC1)N1CCN2CCCCC2C1. The fourth-order valence-corrected chi connectivity index (χ4v) is 4.29. The number of nitrogens with one attached hydrogen (secondary N) is 1. The zero-order valence-corrected chi connectivity index (χ0v) is 14.7. The van der Waals surface area contributed by atoms with E-state index in [0.717, 1.165) is 26.2 Å². The van der Waals surface area contributed by atoms with E-state index in [9.17, 15) is 18.0 Å². The molecule has 3 fully saturated rings. The average Bonchev–Trinajstić information content (AvgIpc) is 2.59. The van der Waals surface area contributed by atoms with Crippen LogP contribution in [-0.4, -0.2) is 85.3 Å². The maximum absolute atomic E-state index is 12.4. The van der Waals surface area contributed by atoms with Gasteiger partial charge in [0.2, 0.25) is 0 Å². The normalized spacial score (nSPS) is 27.2. The molecule has 3 heterocycles. The number of piperidine rings is 2. The van der Waals surface area contributed by atoms with E-state index in [4.69, 9.17) is 0 Å². The Morgan fingerprint density at radius 1 is 1.00 bits per heavy atom. The molecule has 3 saturated heterocycles. The second-order valence-electron chi connectivity index (χ2n) is 7.65. The summed E-state index contributed by atoms with van der Waals surface area (Å²) in [6.07, 6.45) is 0.978. The predicted octanol–water partition coefficient (Wildman–Crippen LogP) is 2.14. The van der Waals surface area contributed by atoms with Gasteiger partial charge >= 0.3 is 12.2 Å². The van der Waals surface area contributed by atoms with Crippen LogP contribution in [0.1, 0.15) is 32.1 Å². The van der Waals surface area contributed by atoms with Crippen molar-refractivity contribution < 1.29 is 18.0 Å². The minimum absolute atomic E-state index is 0.0112. The number of alkyl halides is 3. The Bertz CT molecular complexity index is 452. The van der Waals surface area contributed by atoms with Crippen LogP contribution in [0.2, 0.25) is 0 Å². The molecule has 0 bridgehead atoms. The second kappa shape index (κ2) is 8.12. The summed E-state index contributed by atoms with van der Waals surface area (Å²) in [7, 11) is 0. The first kappa shape index (κ1) is 18.8. The highest BCUT2D eigenvalue weighted by Crippen LogP contribution is 2.23. The zero-order valence-electron chi connectivity index (χ0n) is 14.7. The van der Waals surface area contributed by atoms with Gasteiger partial charge in [-0.1, -0.05) is 6.42 Å². The summed E-state index contributed by atoms with van der Waals surface area (Å²) in [4.78, 5) is 18.3. The second-order valence-corrected chi connectivity index (χ2v) is 7.65. The third kappa shape index (κ3) is 5.48. The van der Waals surface area contributed by atoms with Crippen LogP contribution >= 0.6 is 0 Å². The van der Waals surface area contributed by atoms with Crippen LogP contribution in [0, 0.1) is 5.92 Å². The lowest BCUT2D eigenvalue weighted by Crippen LogP contribution is -2.58. The number of carbonyl (C=O) groups excluding carboxylic acids is 1. The van der Waals surface area contributed by atoms with Crippen LogP contribution in [-0.2, 0) is 0 Å². The molecule has 0 spiro atoms. The number of likely N-dealkylation sites (tertiary alicyclic amines) is 1. The van der Waals surface area contributed by atoms with Crippen LogP contribution in [0.3, 0.4) is 0 Å². The molecule has 5 nitrogen and oxygen atoms in total. The zero-order chi connectivity index (χ0) is 17.9. The highest BCUT2D eigenvalue weighted by atomic mass is 19.4. The third-order valence-electron chi connectivity index (χ3n) is 5.78. The summed E-state index contributed by atoms with van der Waals surface area (Å²) in [5.74, 6) is 0.282. The molecule has 0 aromatic carbocycles. The molecule has 3 rings (SSSR count). The molecule has 0 saturated carbocycles. The Balaban J connectivity index is 1.36. The number of rotatable bonds is 3. The molecule has 1 atom stereocenters. The van der Waals surface area contributed by atoms with Crippen molar-refractivity contribution in [1.82, 2.24) is 20.0 Å². The lowest BCUT2D eigenvalue weighted by atomic mass is 9.97. The van der Waals surface area contributed by atoms with Crippen molar-refractivity contribution in [3.63, 3.8) is 0 Å². The van der Waals surface area contributed by atoms with Crippen molar-refractivity contribution in [3.05, 3.63) is 0 Å². The number of urea groups is 1. The maximum Gasteiger partial charge on any atom is 0.401 e. The fraction of sp³-hybridized carbons (Fsp3) is 0.941. The molecule has 0 aromatic heterocycles. The number of nitrogens with zero attached hydrogens (tertiary/aromatic N) is 3. The number of carbonyl (C=O) groups is 1. The number of amides is 2. The van der Waals surface area contributed by atoms with E-state index >= 15 is 0 Å². The number of hydrogen-bond acceptors (Lipinski definition) is 3. The lowest BCUT2D eigenvalue weighted by Gasteiger charge is -2.44.